The van der Waals surface area contributed by atoms with Crippen molar-refractivity contribution in [3.05, 3.63) is 47.0 Å². The summed E-state index contributed by atoms with van der Waals surface area (Å²) in [7, 11) is 0. The molecule has 0 saturated carbocycles. The van der Waals surface area contributed by atoms with E-state index in [4.69, 9.17) is 22.4 Å². The van der Waals surface area contributed by atoms with Crippen LogP contribution >= 0.6 is 11.6 Å². The zero-order valence-corrected chi connectivity index (χ0v) is 11.3. The first-order chi connectivity index (χ1) is 9.99. The lowest BCUT2D eigenvalue weighted by Gasteiger charge is -2.09. The summed E-state index contributed by atoms with van der Waals surface area (Å²) in [5.41, 5.74) is 5.79. The Bertz CT molecular complexity index is 876. The Morgan fingerprint density at radius 3 is 2.86 bits per heavy atom. The molecule has 4 N–H and O–H groups in total. The molecule has 0 aliphatic heterocycles. The normalized spacial score (nSPS) is 11.0. The Morgan fingerprint density at radius 1 is 1.38 bits per heavy atom. The van der Waals surface area contributed by atoms with Crippen LogP contribution in [0.4, 0.5) is 10.1 Å². The molecule has 0 radical (unpaired) electrons. The second-order valence-electron chi connectivity index (χ2n) is 4.44. The number of rotatable bonds is 2. The van der Waals surface area contributed by atoms with E-state index in [0.717, 1.165) is 10.9 Å². The van der Waals surface area contributed by atoms with Gasteiger partial charge in [0.15, 0.2) is 11.5 Å². The van der Waals surface area contributed by atoms with Crippen molar-refractivity contribution in [3.63, 3.8) is 0 Å². The van der Waals surface area contributed by atoms with Crippen molar-refractivity contribution in [1.29, 1.82) is 0 Å². The quantitative estimate of drug-likeness (QED) is 0.677. The van der Waals surface area contributed by atoms with Gasteiger partial charge >= 0.3 is 5.97 Å². The molecule has 3 aromatic rings. The molecule has 2 heterocycles. The first-order valence-electron chi connectivity index (χ1n) is 5.94. The molecule has 106 valence electrons. The van der Waals surface area contributed by atoms with E-state index in [2.05, 4.69) is 9.97 Å². The Labute approximate surface area is 123 Å². The molecule has 0 bridgehead atoms. The predicted molar refractivity (Wildman–Crippen MR) is 77.9 cm³/mol. The lowest BCUT2D eigenvalue weighted by molar-refractivity contribution is 0.0691. The number of nitrogen functional groups attached to an aromatic ring is 1. The van der Waals surface area contributed by atoms with Crippen LogP contribution in [-0.4, -0.2) is 21.0 Å². The van der Waals surface area contributed by atoms with Crippen molar-refractivity contribution in [2.24, 2.45) is 0 Å². The summed E-state index contributed by atoms with van der Waals surface area (Å²) >= 11 is 5.72. The second kappa shape index (κ2) is 4.75. The highest BCUT2D eigenvalue weighted by Gasteiger charge is 2.21. The number of benzene rings is 1. The molecule has 0 fully saturated rings. The number of aromatic amines is 1. The maximum absolute atomic E-state index is 14.2. The maximum Gasteiger partial charge on any atom is 0.356 e. The number of nitrogens with two attached hydrogens (primary N) is 1. The average molecular weight is 306 g/mol. The van der Waals surface area contributed by atoms with Gasteiger partial charge in [-0.3, -0.25) is 0 Å². The molecule has 1 aromatic carbocycles. The third kappa shape index (κ3) is 2.09. The van der Waals surface area contributed by atoms with Crippen LogP contribution < -0.4 is 5.73 Å². The van der Waals surface area contributed by atoms with Crippen LogP contribution in [-0.2, 0) is 0 Å². The van der Waals surface area contributed by atoms with Crippen LogP contribution in [0.1, 0.15) is 10.5 Å². The number of aromatic carboxylic acids is 1. The van der Waals surface area contributed by atoms with E-state index in [0.29, 0.717) is 5.56 Å². The van der Waals surface area contributed by atoms with E-state index in [1.54, 1.807) is 24.4 Å². The Kier molecular flexibility index (Phi) is 3.03. The van der Waals surface area contributed by atoms with Crippen LogP contribution in [0, 0.1) is 5.82 Å². The number of carboxylic acids is 1. The minimum atomic E-state index is -1.37. The van der Waals surface area contributed by atoms with Gasteiger partial charge in [-0.25, -0.2) is 14.2 Å². The minimum absolute atomic E-state index is 0.141. The van der Waals surface area contributed by atoms with E-state index in [1.807, 2.05) is 6.07 Å². The Hall–Kier alpha value is -2.60. The highest BCUT2D eigenvalue weighted by atomic mass is 35.5. The molecule has 5 nitrogen and oxygen atoms in total. The summed E-state index contributed by atoms with van der Waals surface area (Å²) in [5, 5.41) is 9.51. The van der Waals surface area contributed by atoms with Gasteiger partial charge < -0.3 is 15.8 Å². The van der Waals surface area contributed by atoms with Gasteiger partial charge in [0, 0.05) is 22.7 Å². The van der Waals surface area contributed by atoms with Crippen molar-refractivity contribution in [2.75, 3.05) is 5.73 Å². The number of carbonyl (C=O) groups is 1. The molecule has 0 aliphatic carbocycles. The van der Waals surface area contributed by atoms with E-state index in [9.17, 15) is 9.18 Å². The number of halogens is 2. The molecule has 0 atom stereocenters. The van der Waals surface area contributed by atoms with Gasteiger partial charge in [-0.2, -0.15) is 0 Å². The van der Waals surface area contributed by atoms with Gasteiger partial charge in [-0.05, 0) is 18.2 Å². The predicted octanol–water partition coefficient (Wildman–Crippen LogP) is 3.30. The molecule has 7 heteroatoms. The number of anilines is 1. The first kappa shape index (κ1) is 13.4. The fourth-order valence-electron chi connectivity index (χ4n) is 2.10. The van der Waals surface area contributed by atoms with E-state index < -0.39 is 28.2 Å². The largest absolute Gasteiger partial charge is 0.476 e. The highest BCUT2D eigenvalue weighted by Crippen LogP contribution is 2.33. The zero-order chi connectivity index (χ0) is 15.1. The van der Waals surface area contributed by atoms with Crippen LogP contribution in [0.5, 0.6) is 0 Å². The number of hydrogen-bond donors (Lipinski definition) is 3. The number of fused-ring (bicyclic) bond motifs is 1. The smallest absolute Gasteiger partial charge is 0.356 e. The van der Waals surface area contributed by atoms with Gasteiger partial charge in [0.25, 0.3) is 0 Å². The van der Waals surface area contributed by atoms with Gasteiger partial charge in [-0.15, -0.1) is 0 Å². The molecule has 0 saturated heterocycles. The number of carboxylic acid groups (broad SMARTS) is 1. The second-order valence-corrected chi connectivity index (χ2v) is 4.81. The number of hydrogen-bond acceptors (Lipinski definition) is 3. The van der Waals surface area contributed by atoms with Crippen molar-refractivity contribution < 1.29 is 14.3 Å². The molecular formula is C14H9ClFN3O2. The van der Waals surface area contributed by atoms with Gasteiger partial charge in [0.05, 0.1) is 10.7 Å². The number of aromatic nitrogens is 2. The maximum atomic E-state index is 14.2. The number of nitrogens with zero attached hydrogens (tertiary/aromatic N) is 1. The van der Waals surface area contributed by atoms with Crippen LogP contribution in [0.2, 0.25) is 5.02 Å². The van der Waals surface area contributed by atoms with Crippen molar-refractivity contribution in [1.82, 2.24) is 9.97 Å². The fraction of sp³-hybridized carbons (Fsp3) is 0. The topological polar surface area (TPSA) is 92.0 Å². The molecule has 2 aromatic heterocycles. The summed E-state index contributed by atoms with van der Waals surface area (Å²) in [6, 6.07) is 6.88. The number of H-pyrrole nitrogens is 1. The zero-order valence-electron chi connectivity index (χ0n) is 10.5. The van der Waals surface area contributed by atoms with Gasteiger partial charge in [0.2, 0.25) is 0 Å². The monoisotopic (exact) mass is 305 g/mol. The van der Waals surface area contributed by atoms with Crippen LogP contribution in [0.15, 0.2) is 30.5 Å². The van der Waals surface area contributed by atoms with Crippen LogP contribution in [0.25, 0.3) is 22.2 Å². The Morgan fingerprint density at radius 2 is 2.14 bits per heavy atom. The third-order valence-electron chi connectivity index (χ3n) is 3.14. The van der Waals surface area contributed by atoms with Crippen LogP contribution in [0.3, 0.4) is 0 Å². The average Bonchev–Trinajstić information content (AvgIpc) is 2.92. The molecule has 0 aliphatic rings. The molecule has 0 amide bonds. The summed E-state index contributed by atoms with van der Waals surface area (Å²) in [6.07, 6.45) is 1.75. The summed E-state index contributed by atoms with van der Waals surface area (Å²) in [4.78, 5) is 17.9. The summed E-state index contributed by atoms with van der Waals surface area (Å²) in [5.74, 6) is -2.20. The van der Waals surface area contributed by atoms with E-state index >= 15 is 0 Å². The molecule has 21 heavy (non-hydrogen) atoms. The van der Waals surface area contributed by atoms with Gasteiger partial charge in [-0.1, -0.05) is 17.7 Å². The lowest BCUT2D eigenvalue weighted by Crippen LogP contribution is -2.08. The minimum Gasteiger partial charge on any atom is -0.476 e. The van der Waals surface area contributed by atoms with E-state index in [-0.39, 0.29) is 5.69 Å². The van der Waals surface area contributed by atoms with Gasteiger partial charge in [0.1, 0.15) is 5.69 Å². The highest BCUT2D eigenvalue weighted by molar-refractivity contribution is 6.35. The van der Waals surface area contributed by atoms with Crippen molar-refractivity contribution in [2.45, 2.75) is 0 Å². The third-order valence-corrected chi connectivity index (χ3v) is 3.52. The summed E-state index contributed by atoms with van der Waals surface area (Å²) in [6.45, 7) is 0. The molecular weight excluding hydrogens is 297 g/mol. The SMILES string of the molecule is Nc1c(F)c(-c2ccc3[nH]ccc3c2)nc(C(=O)O)c1Cl. The number of nitrogens with one attached hydrogen (secondary N) is 1. The lowest BCUT2D eigenvalue weighted by atomic mass is 10.1. The standard InChI is InChI=1S/C14H9ClFN3O2/c15-9-11(17)10(16)12(19-13(9)14(20)21)7-1-2-8-6(5-7)3-4-18-8/h1-5,18H,(H2,17,19)(H,20,21). The summed E-state index contributed by atoms with van der Waals surface area (Å²) < 4.78 is 14.2. The van der Waals surface area contributed by atoms with Crippen molar-refractivity contribution >= 4 is 34.2 Å². The fourth-order valence-corrected chi connectivity index (χ4v) is 2.30. The molecule has 3 rings (SSSR count). The number of pyridine rings is 1. The first-order valence-corrected chi connectivity index (χ1v) is 6.32. The molecule has 0 spiro atoms. The van der Waals surface area contributed by atoms with E-state index in [1.165, 1.54) is 0 Å². The van der Waals surface area contributed by atoms with Crippen molar-refractivity contribution in [3.8, 4) is 11.3 Å². The molecule has 0 unspecified atom stereocenters. The Balaban J connectivity index is 2.28.